The van der Waals surface area contributed by atoms with Crippen LogP contribution in [-0.2, 0) is 14.8 Å². The first-order chi connectivity index (χ1) is 9.73. The second-order valence-electron chi connectivity index (χ2n) is 5.07. The van der Waals surface area contributed by atoms with Crippen LogP contribution >= 0.6 is 0 Å². The summed E-state index contributed by atoms with van der Waals surface area (Å²) in [5.41, 5.74) is 0.843. The normalized spacial score (nSPS) is 23.6. The number of halogens is 2. The molecule has 1 aromatic carbocycles. The first kappa shape index (κ1) is 15.8. The van der Waals surface area contributed by atoms with Gasteiger partial charge >= 0.3 is 5.97 Å². The molecule has 116 valence electrons. The Balaban J connectivity index is 2.37. The molecular weight excluding hydrogens is 304 g/mol. The molecule has 1 fully saturated rings. The number of carboxylic acid groups (broad SMARTS) is 1. The molecule has 5 nitrogen and oxygen atoms in total. The van der Waals surface area contributed by atoms with E-state index in [0.717, 1.165) is 5.56 Å². The van der Waals surface area contributed by atoms with Gasteiger partial charge in [-0.2, -0.15) is 4.31 Å². The van der Waals surface area contributed by atoms with E-state index in [0.29, 0.717) is 4.31 Å². The SMILES string of the molecule is Cc1ccc(S(=O)(=O)N2C[C@@H](C(F)F)C[C@H]2C(=O)O)cc1. The van der Waals surface area contributed by atoms with Gasteiger partial charge in [0.15, 0.2) is 0 Å². The van der Waals surface area contributed by atoms with Crippen molar-refractivity contribution in [3.8, 4) is 0 Å². The van der Waals surface area contributed by atoms with Crippen LogP contribution in [0.15, 0.2) is 29.2 Å². The summed E-state index contributed by atoms with van der Waals surface area (Å²) in [6.45, 7) is 1.30. The summed E-state index contributed by atoms with van der Waals surface area (Å²) in [6, 6.07) is 4.39. The molecule has 1 aliphatic rings. The first-order valence-corrected chi connectivity index (χ1v) is 7.77. The molecule has 1 saturated heterocycles. The predicted octanol–water partition coefficient (Wildman–Crippen LogP) is 1.72. The molecule has 0 radical (unpaired) electrons. The van der Waals surface area contributed by atoms with E-state index in [2.05, 4.69) is 0 Å². The third-order valence-corrected chi connectivity index (χ3v) is 5.45. The van der Waals surface area contributed by atoms with Crippen LogP contribution in [0.4, 0.5) is 8.78 Å². The summed E-state index contributed by atoms with van der Waals surface area (Å²) in [5.74, 6) is -2.67. The number of carbonyl (C=O) groups is 1. The summed E-state index contributed by atoms with van der Waals surface area (Å²) >= 11 is 0. The van der Waals surface area contributed by atoms with Crippen LogP contribution in [-0.4, -0.2) is 42.8 Å². The standard InChI is InChI=1S/C13H15F2NO4S/c1-8-2-4-10(5-3-8)21(19,20)16-7-9(12(14)15)6-11(16)13(17)18/h2-5,9,11-12H,6-7H2,1H3,(H,17,18)/t9-,11-/m0/s1. The van der Waals surface area contributed by atoms with Gasteiger partial charge in [-0.15, -0.1) is 0 Å². The number of rotatable bonds is 4. The summed E-state index contributed by atoms with van der Waals surface area (Å²) in [6.07, 6.45) is -3.12. The van der Waals surface area contributed by atoms with E-state index < -0.39 is 40.9 Å². The van der Waals surface area contributed by atoms with Crippen molar-refractivity contribution < 1.29 is 27.1 Å². The number of nitrogens with zero attached hydrogens (tertiary/aromatic N) is 1. The van der Waals surface area contributed by atoms with Gasteiger partial charge in [-0.25, -0.2) is 17.2 Å². The Labute approximate surface area is 121 Å². The van der Waals surface area contributed by atoms with Gasteiger partial charge in [-0.1, -0.05) is 17.7 Å². The smallest absolute Gasteiger partial charge is 0.322 e. The van der Waals surface area contributed by atoms with Crippen LogP contribution in [0.5, 0.6) is 0 Å². The first-order valence-electron chi connectivity index (χ1n) is 6.33. The van der Waals surface area contributed by atoms with Crippen LogP contribution in [0.25, 0.3) is 0 Å². The van der Waals surface area contributed by atoms with Gasteiger partial charge in [0.05, 0.1) is 4.90 Å². The van der Waals surface area contributed by atoms with Crippen LogP contribution in [0, 0.1) is 12.8 Å². The summed E-state index contributed by atoms with van der Waals surface area (Å²) in [4.78, 5) is 11.1. The quantitative estimate of drug-likeness (QED) is 0.917. The molecule has 0 unspecified atom stereocenters. The minimum Gasteiger partial charge on any atom is -0.480 e. The van der Waals surface area contributed by atoms with Crippen LogP contribution in [0.3, 0.4) is 0 Å². The van der Waals surface area contributed by atoms with Crippen molar-refractivity contribution in [2.24, 2.45) is 5.92 Å². The molecule has 0 amide bonds. The number of sulfonamides is 1. The third-order valence-electron chi connectivity index (χ3n) is 3.56. The highest BCUT2D eigenvalue weighted by Gasteiger charge is 2.46. The molecule has 1 aliphatic heterocycles. The zero-order valence-corrected chi connectivity index (χ0v) is 12.1. The van der Waals surface area contributed by atoms with Gasteiger partial charge in [-0.3, -0.25) is 4.79 Å². The molecule has 21 heavy (non-hydrogen) atoms. The van der Waals surface area contributed by atoms with Crippen LogP contribution < -0.4 is 0 Å². The van der Waals surface area contributed by atoms with E-state index in [4.69, 9.17) is 5.11 Å². The van der Waals surface area contributed by atoms with E-state index >= 15 is 0 Å². The molecule has 0 bridgehead atoms. The van der Waals surface area contributed by atoms with Gasteiger partial charge in [0.25, 0.3) is 0 Å². The van der Waals surface area contributed by atoms with Crippen LogP contribution in [0.1, 0.15) is 12.0 Å². The molecule has 0 spiro atoms. The Morgan fingerprint density at radius 1 is 1.33 bits per heavy atom. The highest BCUT2D eigenvalue weighted by molar-refractivity contribution is 7.89. The topological polar surface area (TPSA) is 74.7 Å². The zero-order chi connectivity index (χ0) is 15.8. The van der Waals surface area contributed by atoms with Crippen molar-refractivity contribution in [3.05, 3.63) is 29.8 Å². The highest BCUT2D eigenvalue weighted by atomic mass is 32.2. The zero-order valence-electron chi connectivity index (χ0n) is 11.2. The number of carboxylic acids is 1. The van der Waals surface area contributed by atoms with Gasteiger partial charge in [-0.05, 0) is 25.5 Å². The summed E-state index contributed by atoms with van der Waals surface area (Å²) in [7, 11) is -4.10. The molecule has 1 aromatic rings. The van der Waals surface area contributed by atoms with Crippen LogP contribution in [0.2, 0.25) is 0 Å². The lowest BCUT2D eigenvalue weighted by molar-refractivity contribution is -0.140. The third kappa shape index (κ3) is 3.06. The largest absolute Gasteiger partial charge is 0.480 e. The van der Waals surface area contributed by atoms with Crippen molar-refractivity contribution in [3.63, 3.8) is 0 Å². The van der Waals surface area contributed by atoms with Crippen molar-refractivity contribution in [2.75, 3.05) is 6.54 Å². The number of aryl methyl sites for hydroxylation is 1. The molecule has 8 heteroatoms. The molecule has 0 saturated carbocycles. The maximum atomic E-state index is 12.8. The lowest BCUT2D eigenvalue weighted by atomic mass is 10.1. The van der Waals surface area contributed by atoms with E-state index in [9.17, 15) is 22.0 Å². The van der Waals surface area contributed by atoms with Gasteiger partial charge in [0.2, 0.25) is 16.4 Å². The average Bonchev–Trinajstić information content (AvgIpc) is 2.85. The average molecular weight is 319 g/mol. The predicted molar refractivity (Wildman–Crippen MR) is 70.6 cm³/mol. The maximum Gasteiger partial charge on any atom is 0.322 e. The molecule has 2 atom stereocenters. The number of benzene rings is 1. The van der Waals surface area contributed by atoms with E-state index in [1.54, 1.807) is 19.1 Å². The van der Waals surface area contributed by atoms with E-state index in [1.165, 1.54) is 12.1 Å². The lowest BCUT2D eigenvalue weighted by Gasteiger charge is -2.21. The Morgan fingerprint density at radius 3 is 2.38 bits per heavy atom. The molecular formula is C13H15F2NO4S. The Bertz CT molecular complexity index is 630. The monoisotopic (exact) mass is 319 g/mol. The number of hydrogen-bond acceptors (Lipinski definition) is 3. The second kappa shape index (κ2) is 5.69. The number of aliphatic carboxylic acids is 1. The fourth-order valence-electron chi connectivity index (χ4n) is 2.36. The summed E-state index contributed by atoms with van der Waals surface area (Å²) < 4.78 is 51.1. The van der Waals surface area contributed by atoms with Gasteiger partial charge in [0.1, 0.15) is 6.04 Å². The number of alkyl halides is 2. The number of hydrogen-bond donors (Lipinski definition) is 1. The minimum atomic E-state index is -4.10. The van der Waals surface area contributed by atoms with E-state index in [-0.39, 0.29) is 11.3 Å². The molecule has 1 heterocycles. The van der Waals surface area contributed by atoms with Gasteiger partial charge in [0, 0.05) is 12.5 Å². The van der Waals surface area contributed by atoms with Gasteiger partial charge < -0.3 is 5.11 Å². The van der Waals surface area contributed by atoms with Crippen molar-refractivity contribution in [1.29, 1.82) is 0 Å². The minimum absolute atomic E-state index is 0.0886. The van der Waals surface area contributed by atoms with E-state index in [1.807, 2.05) is 0 Å². The molecule has 2 rings (SSSR count). The molecule has 0 aliphatic carbocycles. The fourth-order valence-corrected chi connectivity index (χ4v) is 4.00. The Hall–Kier alpha value is -1.54. The summed E-state index contributed by atoms with van der Waals surface area (Å²) in [5, 5.41) is 9.09. The fraction of sp³-hybridized carbons (Fsp3) is 0.462. The Morgan fingerprint density at radius 2 is 1.90 bits per heavy atom. The highest BCUT2D eigenvalue weighted by Crippen LogP contribution is 2.33. The van der Waals surface area contributed by atoms with Crippen molar-refractivity contribution >= 4 is 16.0 Å². The molecule has 0 aromatic heterocycles. The van der Waals surface area contributed by atoms with Crippen molar-refractivity contribution in [1.82, 2.24) is 4.31 Å². The lowest BCUT2D eigenvalue weighted by Crippen LogP contribution is -2.40. The Kier molecular flexibility index (Phi) is 4.29. The maximum absolute atomic E-state index is 12.8. The van der Waals surface area contributed by atoms with Crippen molar-refractivity contribution in [2.45, 2.75) is 30.7 Å². The molecule has 1 N–H and O–H groups in total. The second-order valence-corrected chi connectivity index (χ2v) is 6.96.